The van der Waals surface area contributed by atoms with Crippen molar-refractivity contribution in [2.24, 2.45) is 0 Å². The van der Waals surface area contributed by atoms with Crippen LogP contribution in [0, 0.1) is 5.82 Å². The van der Waals surface area contributed by atoms with E-state index < -0.39 is 0 Å². The maximum atomic E-state index is 12.7. The molecule has 70 valence electrons. The van der Waals surface area contributed by atoms with Gasteiger partial charge in [-0.1, -0.05) is 24.8 Å². The first-order valence-corrected chi connectivity index (χ1v) is 5.09. The van der Waals surface area contributed by atoms with Crippen LogP contribution in [0.15, 0.2) is 43.0 Å². The number of hydrogen-bond acceptors (Lipinski definition) is 1. The third-order valence-electron chi connectivity index (χ3n) is 1.96. The van der Waals surface area contributed by atoms with Gasteiger partial charge in [0.05, 0.1) is 0 Å². The number of hydrogen-bond donors (Lipinski definition) is 0. The van der Waals surface area contributed by atoms with E-state index in [1.165, 1.54) is 12.1 Å². The van der Waals surface area contributed by atoms with E-state index in [0.717, 1.165) is 15.3 Å². The molecular weight excluding hydrogens is 195 g/mol. The van der Waals surface area contributed by atoms with E-state index in [1.807, 2.05) is 18.2 Å². The third kappa shape index (κ3) is 1.75. The SMILES string of the molecule is C=Cc1ccc(-c2ccc(F)cc2)s1. The lowest BCUT2D eigenvalue weighted by atomic mass is 10.2. The molecule has 0 atom stereocenters. The van der Waals surface area contributed by atoms with Crippen molar-refractivity contribution in [3.8, 4) is 10.4 Å². The number of thiophene rings is 1. The van der Waals surface area contributed by atoms with Gasteiger partial charge in [0, 0.05) is 9.75 Å². The molecule has 0 fully saturated rings. The van der Waals surface area contributed by atoms with E-state index in [9.17, 15) is 4.39 Å². The number of benzene rings is 1. The molecular formula is C12H9FS. The Balaban J connectivity index is 2.39. The molecule has 0 saturated carbocycles. The molecule has 0 N–H and O–H groups in total. The highest BCUT2D eigenvalue weighted by atomic mass is 32.1. The predicted molar refractivity (Wildman–Crippen MR) is 59.8 cm³/mol. The Kier molecular flexibility index (Phi) is 2.46. The molecule has 2 heteroatoms. The van der Waals surface area contributed by atoms with Crippen molar-refractivity contribution in [1.29, 1.82) is 0 Å². The van der Waals surface area contributed by atoms with Gasteiger partial charge in [-0.2, -0.15) is 0 Å². The van der Waals surface area contributed by atoms with Gasteiger partial charge in [-0.05, 0) is 29.8 Å². The van der Waals surface area contributed by atoms with E-state index in [1.54, 1.807) is 23.5 Å². The Hall–Kier alpha value is -1.41. The summed E-state index contributed by atoms with van der Waals surface area (Å²) in [4.78, 5) is 2.27. The number of halogens is 1. The van der Waals surface area contributed by atoms with Gasteiger partial charge in [-0.25, -0.2) is 4.39 Å². The van der Waals surface area contributed by atoms with Crippen molar-refractivity contribution < 1.29 is 4.39 Å². The van der Waals surface area contributed by atoms with E-state index in [0.29, 0.717) is 0 Å². The second-order valence-corrected chi connectivity index (χ2v) is 4.03. The molecule has 0 spiro atoms. The monoisotopic (exact) mass is 204 g/mol. The Bertz CT molecular complexity index is 440. The van der Waals surface area contributed by atoms with Crippen LogP contribution in [0.1, 0.15) is 4.88 Å². The highest BCUT2D eigenvalue weighted by Crippen LogP contribution is 2.28. The van der Waals surface area contributed by atoms with Crippen LogP contribution in [-0.2, 0) is 0 Å². The Morgan fingerprint density at radius 3 is 2.36 bits per heavy atom. The van der Waals surface area contributed by atoms with Crippen LogP contribution in [0.4, 0.5) is 4.39 Å². The van der Waals surface area contributed by atoms with Crippen molar-refractivity contribution >= 4 is 17.4 Å². The van der Waals surface area contributed by atoms with Crippen molar-refractivity contribution in [3.05, 3.63) is 53.7 Å². The van der Waals surface area contributed by atoms with Gasteiger partial charge in [-0.3, -0.25) is 0 Å². The zero-order valence-electron chi connectivity index (χ0n) is 7.53. The zero-order chi connectivity index (χ0) is 9.97. The molecule has 2 aromatic rings. The molecule has 0 unspecified atom stereocenters. The smallest absolute Gasteiger partial charge is 0.123 e. The summed E-state index contributed by atoms with van der Waals surface area (Å²) in [7, 11) is 0. The van der Waals surface area contributed by atoms with Gasteiger partial charge in [0.1, 0.15) is 5.82 Å². The van der Waals surface area contributed by atoms with Gasteiger partial charge in [-0.15, -0.1) is 11.3 Å². The molecule has 1 heterocycles. The Morgan fingerprint density at radius 1 is 1.07 bits per heavy atom. The normalized spacial score (nSPS) is 10.1. The molecule has 0 saturated heterocycles. The summed E-state index contributed by atoms with van der Waals surface area (Å²) in [5.74, 6) is -0.200. The third-order valence-corrected chi connectivity index (χ3v) is 3.09. The summed E-state index contributed by atoms with van der Waals surface area (Å²) in [5, 5.41) is 0. The first-order valence-electron chi connectivity index (χ1n) is 4.28. The first kappa shape index (κ1) is 9.16. The average Bonchev–Trinajstić information content (AvgIpc) is 2.67. The molecule has 2 rings (SSSR count). The topological polar surface area (TPSA) is 0 Å². The summed E-state index contributed by atoms with van der Waals surface area (Å²) in [6.45, 7) is 3.70. The zero-order valence-corrected chi connectivity index (χ0v) is 8.35. The molecule has 0 radical (unpaired) electrons. The van der Waals surface area contributed by atoms with Crippen molar-refractivity contribution in [2.75, 3.05) is 0 Å². The van der Waals surface area contributed by atoms with Crippen LogP contribution in [0.5, 0.6) is 0 Å². The van der Waals surface area contributed by atoms with Gasteiger partial charge in [0.15, 0.2) is 0 Å². The predicted octanol–water partition coefficient (Wildman–Crippen LogP) is 4.20. The van der Waals surface area contributed by atoms with Gasteiger partial charge in [0.2, 0.25) is 0 Å². The van der Waals surface area contributed by atoms with Crippen LogP contribution in [-0.4, -0.2) is 0 Å². The Labute approximate surface area is 86.3 Å². The fourth-order valence-corrected chi connectivity index (χ4v) is 2.10. The Morgan fingerprint density at radius 2 is 1.79 bits per heavy atom. The van der Waals surface area contributed by atoms with Crippen LogP contribution < -0.4 is 0 Å². The summed E-state index contributed by atoms with van der Waals surface area (Å²) < 4.78 is 12.7. The molecule has 0 bridgehead atoms. The van der Waals surface area contributed by atoms with Gasteiger partial charge in [0.25, 0.3) is 0 Å². The summed E-state index contributed by atoms with van der Waals surface area (Å²) in [6, 6.07) is 10.6. The van der Waals surface area contributed by atoms with Crippen LogP contribution in [0.2, 0.25) is 0 Å². The van der Waals surface area contributed by atoms with E-state index >= 15 is 0 Å². The fraction of sp³-hybridized carbons (Fsp3) is 0. The summed E-state index contributed by atoms with van der Waals surface area (Å²) in [6.07, 6.45) is 1.82. The highest BCUT2D eigenvalue weighted by Gasteiger charge is 2.00. The van der Waals surface area contributed by atoms with Crippen molar-refractivity contribution in [3.63, 3.8) is 0 Å². The maximum absolute atomic E-state index is 12.7. The molecule has 1 aromatic carbocycles. The summed E-state index contributed by atoms with van der Waals surface area (Å²) >= 11 is 1.65. The lowest BCUT2D eigenvalue weighted by Crippen LogP contribution is -1.73. The van der Waals surface area contributed by atoms with Crippen LogP contribution >= 0.6 is 11.3 Å². The second-order valence-electron chi connectivity index (χ2n) is 2.91. The molecule has 0 aliphatic rings. The lowest BCUT2D eigenvalue weighted by Gasteiger charge is -1.95. The van der Waals surface area contributed by atoms with Crippen LogP contribution in [0.25, 0.3) is 16.5 Å². The average molecular weight is 204 g/mol. The standard InChI is InChI=1S/C12H9FS/c1-2-11-7-8-12(14-11)9-3-5-10(13)6-4-9/h2-8H,1H2. The largest absolute Gasteiger partial charge is 0.207 e. The maximum Gasteiger partial charge on any atom is 0.123 e. The van der Waals surface area contributed by atoms with E-state index in [-0.39, 0.29) is 5.82 Å². The minimum Gasteiger partial charge on any atom is -0.207 e. The molecule has 0 aliphatic carbocycles. The summed E-state index contributed by atoms with van der Waals surface area (Å²) in [5.41, 5.74) is 1.05. The van der Waals surface area contributed by atoms with E-state index in [2.05, 4.69) is 6.58 Å². The minimum absolute atomic E-state index is 0.200. The van der Waals surface area contributed by atoms with E-state index in [4.69, 9.17) is 0 Å². The fourth-order valence-electron chi connectivity index (χ4n) is 1.23. The molecule has 0 aliphatic heterocycles. The molecule has 0 amide bonds. The lowest BCUT2D eigenvalue weighted by molar-refractivity contribution is 0.628. The number of rotatable bonds is 2. The van der Waals surface area contributed by atoms with Gasteiger partial charge < -0.3 is 0 Å². The van der Waals surface area contributed by atoms with Crippen LogP contribution in [0.3, 0.4) is 0 Å². The van der Waals surface area contributed by atoms with Crippen molar-refractivity contribution in [2.45, 2.75) is 0 Å². The minimum atomic E-state index is -0.200. The second kappa shape index (κ2) is 3.76. The molecule has 14 heavy (non-hydrogen) atoms. The molecule has 1 aromatic heterocycles. The quantitative estimate of drug-likeness (QED) is 0.687. The highest BCUT2D eigenvalue weighted by molar-refractivity contribution is 7.16. The molecule has 0 nitrogen and oxygen atoms in total. The van der Waals surface area contributed by atoms with Crippen molar-refractivity contribution in [1.82, 2.24) is 0 Å². The van der Waals surface area contributed by atoms with Gasteiger partial charge >= 0.3 is 0 Å². The first-order chi connectivity index (χ1) is 6.79.